The summed E-state index contributed by atoms with van der Waals surface area (Å²) in [7, 11) is 0. The highest BCUT2D eigenvalue weighted by Crippen LogP contribution is 2.44. The number of aromatic nitrogens is 2. The molecule has 5 nitrogen and oxygen atoms in total. The van der Waals surface area contributed by atoms with E-state index in [1.807, 2.05) is 0 Å². The van der Waals surface area contributed by atoms with E-state index in [2.05, 4.69) is 193 Å². The van der Waals surface area contributed by atoms with Gasteiger partial charge in [-0.25, -0.2) is 9.51 Å². The first kappa shape index (κ1) is 39.6. The van der Waals surface area contributed by atoms with Crippen LogP contribution in [-0.2, 0) is 6.42 Å². The smallest absolute Gasteiger partial charge is 0.128 e. The molecular weight excluding hydrogens is 755 g/mol. The number of nitrogens with two attached hydrogens (primary N) is 1. The van der Waals surface area contributed by atoms with Gasteiger partial charge < -0.3 is 5.73 Å². The summed E-state index contributed by atoms with van der Waals surface area (Å²) in [6.07, 6.45) is 45.8. The largest absolute Gasteiger partial charge is 0.387 e. The summed E-state index contributed by atoms with van der Waals surface area (Å²) >= 11 is 0. The molecule has 0 bridgehead atoms. The third-order valence-electron chi connectivity index (χ3n) is 13.2. The van der Waals surface area contributed by atoms with Crippen LogP contribution in [0.3, 0.4) is 0 Å². The molecule has 2 heterocycles. The second-order valence-electron chi connectivity index (χ2n) is 17.2. The monoisotopic (exact) mass is 809 g/mol. The van der Waals surface area contributed by atoms with Gasteiger partial charge in [0.15, 0.2) is 0 Å². The molecule has 62 heavy (non-hydrogen) atoms. The van der Waals surface area contributed by atoms with Crippen molar-refractivity contribution in [2.24, 2.45) is 16.6 Å². The van der Waals surface area contributed by atoms with Crippen LogP contribution < -0.4 is 11.1 Å². The van der Waals surface area contributed by atoms with Crippen LogP contribution in [0.15, 0.2) is 181 Å². The number of nitrogens with one attached hydrogen (secondary N) is 1. The zero-order chi connectivity index (χ0) is 41.8. The van der Waals surface area contributed by atoms with Crippen LogP contribution in [0.4, 0.5) is 0 Å². The van der Waals surface area contributed by atoms with Crippen molar-refractivity contribution >= 4 is 23.0 Å². The van der Waals surface area contributed by atoms with Gasteiger partial charge in [-0.1, -0.05) is 170 Å². The van der Waals surface area contributed by atoms with E-state index in [0.29, 0.717) is 5.84 Å². The van der Waals surface area contributed by atoms with Gasteiger partial charge in [-0.2, -0.15) is 5.10 Å². The molecule has 0 fully saturated rings. The van der Waals surface area contributed by atoms with E-state index in [-0.39, 0.29) is 24.0 Å². The summed E-state index contributed by atoms with van der Waals surface area (Å²) in [5.74, 6) is 1.00. The Labute approximate surface area is 366 Å². The predicted octanol–water partition coefficient (Wildman–Crippen LogP) is 13.4. The molecule has 3 N–H and O–H groups in total. The fraction of sp³-hybridized carbons (Fsp3) is 0.228. The van der Waals surface area contributed by atoms with Gasteiger partial charge in [0, 0.05) is 29.0 Å². The van der Waals surface area contributed by atoms with Crippen molar-refractivity contribution in [1.29, 1.82) is 0 Å². The van der Waals surface area contributed by atoms with Crippen molar-refractivity contribution < 1.29 is 0 Å². The summed E-state index contributed by atoms with van der Waals surface area (Å²) in [6.45, 7) is 2.21. The van der Waals surface area contributed by atoms with E-state index in [1.54, 1.807) is 0 Å². The Hall–Kier alpha value is -6.56. The highest BCUT2D eigenvalue weighted by atomic mass is 15.2. The standard InChI is InChI=1S/C57H55N5/c1-39(40-16-6-2-7-17-40)60-57(61-56(58)48-22-12-5-13-23-48)49-36-32-44(33-37-49)42-28-26-41(27-29-42)43-30-34-46(35-31-43)53-50-24-14-15-25-51(50)55-52(45-18-8-3-9-19-45)38-59-62(55)54(53)47-20-10-4-11-21-47/h3-6,8,10-14,16-18,20,22,24,26-39,47-48,57,60H,2,7,9,15,19,21,23,25H2,1H3,(H2,58,61). The highest BCUT2D eigenvalue weighted by molar-refractivity contribution is 5.91. The molecule has 4 unspecified atom stereocenters. The molecule has 0 aliphatic heterocycles. The molecule has 0 radical (unpaired) electrons. The number of rotatable bonds is 11. The first-order valence-corrected chi connectivity index (χ1v) is 22.6. The van der Waals surface area contributed by atoms with E-state index in [0.717, 1.165) is 56.9 Å². The number of hydrogen-bond acceptors (Lipinski definition) is 3. The number of fused-ring (bicyclic) bond motifs is 3. The number of hydrogen-bond donors (Lipinski definition) is 2. The molecule has 3 aromatic carbocycles. The molecule has 5 aliphatic carbocycles. The van der Waals surface area contributed by atoms with Crippen molar-refractivity contribution in [3.05, 3.63) is 204 Å². The van der Waals surface area contributed by atoms with Crippen molar-refractivity contribution in [3.8, 4) is 33.4 Å². The average molecular weight is 810 g/mol. The van der Waals surface area contributed by atoms with Crippen LogP contribution >= 0.6 is 0 Å². The molecule has 2 aromatic heterocycles. The molecular formula is C57H55N5. The second-order valence-corrected chi connectivity index (χ2v) is 17.2. The zero-order valence-corrected chi connectivity index (χ0v) is 35.6. The number of benzene rings is 3. The quantitative estimate of drug-likeness (QED) is 0.103. The van der Waals surface area contributed by atoms with Crippen molar-refractivity contribution in [2.45, 2.75) is 76.4 Å². The predicted molar refractivity (Wildman–Crippen MR) is 261 cm³/mol. The topological polar surface area (TPSA) is 67.7 Å². The number of nitrogens with zero attached hydrogens (tertiary/aromatic N) is 3. The molecule has 0 spiro atoms. The average Bonchev–Trinajstić information content (AvgIpc) is 3.80. The first-order chi connectivity index (χ1) is 30.6. The Morgan fingerprint density at radius 1 is 0.710 bits per heavy atom. The summed E-state index contributed by atoms with van der Waals surface area (Å²) in [4.78, 5) is 5.09. The highest BCUT2D eigenvalue weighted by Gasteiger charge is 2.28. The third-order valence-corrected chi connectivity index (χ3v) is 13.2. The lowest BCUT2D eigenvalue weighted by atomic mass is 9.82. The first-order valence-electron chi connectivity index (χ1n) is 22.6. The van der Waals surface area contributed by atoms with Crippen LogP contribution in [0.2, 0.25) is 0 Å². The van der Waals surface area contributed by atoms with Crippen molar-refractivity contribution in [3.63, 3.8) is 0 Å². The summed E-state index contributed by atoms with van der Waals surface area (Å²) < 4.78 is 2.30. The summed E-state index contributed by atoms with van der Waals surface area (Å²) in [5, 5.41) is 8.96. The van der Waals surface area contributed by atoms with Gasteiger partial charge in [0.05, 0.1) is 17.4 Å². The Balaban J connectivity index is 0.931. The third kappa shape index (κ3) is 8.01. The maximum absolute atomic E-state index is 6.65. The van der Waals surface area contributed by atoms with Gasteiger partial charge in [0.25, 0.3) is 0 Å². The lowest BCUT2D eigenvalue weighted by Crippen LogP contribution is -2.33. The van der Waals surface area contributed by atoms with E-state index in [4.69, 9.17) is 15.8 Å². The van der Waals surface area contributed by atoms with Crippen LogP contribution in [0.25, 0.3) is 50.5 Å². The van der Waals surface area contributed by atoms with Crippen LogP contribution in [-0.4, -0.2) is 21.5 Å². The molecule has 0 amide bonds. The molecule has 5 aromatic rings. The molecule has 5 aliphatic rings. The second kappa shape index (κ2) is 17.8. The van der Waals surface area contributed by atoms with Gasteiger partial charge in [0.1, 0.15) is 12.0 Å². The maximum Gasteiger partial charge on any atom is 0.128 e. The molecule has 0 saturated heterocycles. The number of pyridine rings is 1. The molecule has 5 heteroatoms. The van der Waals surface area contributed by atoms with Gasteiger partial charge in [0.2, 0.25) is 0 Å². The Morgan fingerprint density at radius 2 is 1.39 bits per heavy atom. The van der Waals surface area contributed by atoms with E-state index >= 15 is 0 Å². The maximum atomic E-state index is 6.65. The number of allylic oxidation sites excluding steroid dienone is 14. The van der Waals surface area contributed by atoms with E-state index < -0.39 is 0 Å². The number of amidine groups is 1. The van der Waals surface area contributed by atoms with Crippen LogP contribution in [0, 0.1) is 5.92 Å². The molecule has 10 rings (SSSR count). The van der Waals surface area contributed by atoms with Crippen molar-refractivity contribution in [1.82, 2.24) is 14.9 Å². The Kier molecular flexibility index (Phi) is 11.4. The SMILES string of the molecule is CC(NC(/N=C(\N)C1C=CC=CC1)c1ccc(-c2ccc(-c3ccc(-c4c5c(c6c(C7=CC=CCC7)cnn6c4C4C=CC=CC4)CCC=C5)cc3)cc2)cc1)C1=CCCC=C1. The van der Waals surface area contributed by atoms with Gasteiger partial charge in [-0.05, 0) is 114 Å². The van der Waals surface area contributed by atoms with E-state index in [9.17, 15) is 0 Å². The Morgan fingerprint density at radius 3 is 2.03 bits per heavy atom. The van der Waals surface area contributed by atoms with Crippen LogP contribution in [0.5, 0.6) is 0 Å². The van der Waals surface area contributed by atoms with Crippen molar-refractivity contribution in [2.75, 3.05) is 0 Å². The van der Waals surface area contributed by atoms with Gasteiger partial charge >= 0.3 is 0 Å². The molecule has 308 valence electrons. The minimum Gasteiger partial charge on any atom is -0.387 e. The molecule has 0 saturated carbocycles. The van der Waals surface area contributed by atoms with Gasteiger partial charge in [-0.15, -0.1) is 0 Å². The van der Waals surface area contributed by atoms with E-state index in [1.165, 1.54) is 72.4 Å². The normalized spacial score (nSPS) is 20.3. The fourth-order valence-corrected chi connectivity index (χ4v) is 9.78. The summed E-state index contributed by atoms with van der Waals surface area (Å²) in [5.41, 5.74) is 24.3. The number of aliphatic imine (C=N–C) groups is 1. The van der Waals surface area contributed by atoms with Crippen LogP contribution in [0.1, 0.15) is 91.9 Å². The molecule has 4 atom stereocenters. The lowest BCUT2D eigenvalue weighted by molar-refractivity contribution is 0.506. The Bertz CT molecular complexity index is 2780. The zero-order valence-electron chi connectivity index (χ0n) is 35.6. The summed E-state index contributed by atoms with van der Waals surface area (Å²) in [6, 6.07) is 27.1. The number of aryl methyl sites for hydroxylation is 1. The van der Waals surface area contributed by atoms with Gasteiger partial charge in [-0.3, -0.25) is 5.32 Å². The minimum atomic E-state index is -0.260. The fourth-order valence-electron chi connectivity index (χ4n) is 9.78. The minimum absolute atomic E-state index is 0.112. The lowest BCUT2D eigenvalue weighted by Gasteiger charge is -2.26.